The summed E-state index contributed by atoms with van der Waals surface area (Å²) in [7, 11) is 0. The van der Waals surface area contributed by atoms with E-state index in [-0.39, 0.29) is 0 Å². The van der Waals surface area contributed by atoms with Gasteiger partial charge in [-0.05, 0) is 50.2 Å². The molecule has 0 atom stereocenters. The SMILES string of the molecule is C/C=C/CCn1c(=S)[nH]c2ccc(C)cc21. The van der Waals surface area contributed by atoms with Crippen LogP contribution in [0.3, 0.4) is 0 Å². The van der Waals surface area contributed by atoms with Crippen molar-refractivity contribution in [3.05, 3.63) is 40.7 Å². The molecule has 0 aliphatic rings. The smallest absolute Gasteiger partial charge is 0.178 e. The van der Waals surface area contributed by atoms with Crippen molar-refractivity contribution in [3.63, 3.8) is 0 Å². The van der Waals surface area contributed by atoms with Gasteiger partial charge in [-0.25, -0.2) is 0 Å². The number of benzene rings is 1. The molecule has 16 heavy (non-hydrogen) atoms. The van der Waals surface area contributed by atoms with Gasteiger partial charge in [-0.15, -0.1) is 0 Å². The van der Waals surface area contributed by atoms with Crippen molar-refractivity contribution in [1.29, 1.82) is 0 Å². The molecule has 0 radical (unpaired) electrons. The highest BCUT2D eigenvalue weighted by Gasteiger charge is 2.03. The zero-order chi connectivity index (χ0) is 11.5. The van der Waals surface area contributed by atoms with E-state index in [2.05, 4.69) is 46.8 Å². The second-order valence-corrected chi connectivity index (χ2v) is 4.35. The largest absolute Gasteiger partial charge is 0.331 e. The molecule has 0 saturated carbocycles. The number of H-pyrrole nitrogens is 1. The first kappa shape index (κ1) is 11.1. The second-order valence-electron chi connectivity index (χ2n) is 3.96. The first-order valence-electron chi connectivity index (χ1n) is 5.52. The summed E-state index contributed by atoms with van der Waals surface area (Å²) in [6.07, 6.45) is 5.26. The third-order valence-electron chi connectivity index (χ3n) is 2.69. The molecule has 0 spiro atoms. The number of allylic oxidation sites excluding steroid dienone is 2. The van der Waals surface area contributed by atoms with Gasteiger partial charge >= 0.3 is 0 Å². The van der Waals surface area contributed by atoms with Gasteiger partial charge in [0.2, 0.25) is 0 Å². The molecule has 0 aliphatic heterocycles. The third-order valence-corrected chi connectivity index (χ3v) is 3.01. The van der Waals surface area contributed by atoms with Crippen LogP contribution >= 0.6 is 12.2 Å². The fraction of sp³-hybridized carbons (Fsp3) is 0.308. The van der Waals surface area contributed by atoms with Crippen LogP contribution in [0.4, 0.5) is 0 Å². The molecule has 0 fully saturated rings. The van der Waals surface area contributed by atoms with Gasteiger partial charge in [-0.3, -0.25) is 0 Å². The van der Waals surface area contributed by atoms with E-state index in [0.29, 0.717) is 0 Å². The maximum absolute atomic E-state index is 5.33. The number of nitrogens with zero attached hydrogens (tertiary/aromatic N) is 1. The van der Waals surface area contributed by atoms with Gasteiger partial charge in [-0.2, -0.15) is 0 Å². The van der Waals surface area contributed by atoms with Crippen molar-refractivity contribution in [2.45, 2.75) is 26.8 Å². The summed E-state index contributed by atoms with van der Waals surface area (Å²) in [5, 5.41) is 0. The van der Waals surface area contributed by atoms with Crippen LogP contribution in [-0.4, -0.2) is 9.55 Å². The van der Waals surface area contributed by atoms with Crippen molar-refractivity contribution < 1.29 is 0 Å². The Kier molecular flexibility index (Phi) is 3.25. The lowest BCUT2D eigenvalue weighted by atomic mass is 10.2. The number of hydrogen-bond acceptors (Lipinski definition) is 1. The van der Waals surface area contributed by atoms with Gasteiger partial charge in [0.25, 0.3) is 0 Å². The lowest BCUT2D eigenvalue weighted by Crippen LogP contribution is -1.96. The van der Waals surface area contributed by atoms with E-state index < -0.39 is 0 Å². The van der Waals surface area contributed by atoms with Crippen molar-refractivity contribution in [1.82, 2.24) is 9.55 Å². The van der Waals surface area contributed by atoms with Gasteiger partial charge in [-0.1, -0.05) is 18.2 Å². The Morgan fingerprint density at radius 3 is 3.00 bits per heavy atom. The summed E-state index contributed by atoms with van der Waals surface area (Å²) in [6, 6.07) is 6.37. The quantitative estimate of drug-likeness (QED) is 0.627. The van der Waals surface area contributed by atoms with Crippen molar-refractivity contribution in [3.8, 4) is 0 Å². The van der Waals surface area contributed by atoms with Crippen molar-refractivity contribution in [2.75, 3.05) is 0 Å². The number of hydrogen-bond donors (Lipinski definition) is 1. The third kappa shape index (κ3) is 2.09. The zero-order valence-corrected chi connectivity index (χ0v) is 10.5. The molecule has 1 aromatic carbocycles. The summed E-state index contributed by atoms with van der Waals surface area (Å²) >= 11 is 5.33. The van der Waals surface area contributed by atoms with Gasteiger partial charge in [0, 0.05) is 6.54 Å². The number of nitrogens with one attached hydrogen (secondary N) is 1. The van der Waals surface area contributed by atoms with Crippen molar-refractivity contribution >= 4 is 23.3 Å². The van der Waals surface area contributed by atoms with E-state index in [9.17, 15) is 0 Å². The standard InChI is InChI=1S/C13H16N2S/c1-3-4-5-8-15-12-9-10(2)6-7-11(12)14-13(15)16/h3-4,6-7,9H,5,8H2,1-2H3,(H,14,16)/b4-3+. The molecule has 1 heterocycles. The Labute approximate surface area is 101 Å². The van der Waals surface area contributed by atoms with E-state index >= 15 is 0 Å². The monoisotopic (exact) mass is 232 g/mol. The van der Waals surface area contributed by atoms with Crippen LogP contribution in [0, 0.1) is 11.7 Å². The average molecular weight is 232 g/mol. The summed E-state index contributed by atoms with van der Waals surface area (Å²) in [5.41, 5.74) is 3.59. The Morgan fingerprint density at radius 1 is 1.44 bits per heavy atom. The lowest BCUT2D eigenvalue weighted by molar-refractivity contribution is 0.720. The maximum atomic E-state index is 5.33. The van der Waals surface area contributed by atoms with E-state index in [1.807, 2.05) is 6.92 Å². The van der Waals surface area contributed by atoms with Crippen LogP contribution < -0.4 is 0 Å². The predicted octanol–water partition coefficient (Wildman–Crippen LogP) is 3.97. The van der Waals surface area contributed by atoms with E-state index in [0.717, 1.165) is 23.3 Å². The molecule has 2 rings (SSSR count). The first-order chi connectivity index (χ1) is 7.72. The van der Waals surface area contributed by atoms with Crippen molar-refractivity contribution in [2.24, 2.45) is 0 Å². The predicted molar refractivity (Wildman–Crippen MR) is 71.3 cm³/mol. The number of aryl methyl sites for hydroxylation is 2. The van der Waals surface area contributed by atoms with Gasteiger partial charge in [0.1, 0.15) is 0 Å². The first-order valence-corrected chi connectivity index (χ1v) is 5.93. The van der Waals surface area contributed by atoms with E-state index in [1.165, 1.54) is 11.1 Å². The van der Waals surface area contributed by atoms with Crippen LogP contribution in [0.1, 0.15) is 18.9 Å². The summed E-state index contributed by atoms with van der Waals surface area (Å²) in [5.74, 6) is 0. The minimum atomic E-state index is 0.810. The highest BCUT2D eigenvalue weighted by molar-refractivity contribution is 7.71. The molecule has 0 aliphatic carbocycles. The molecular formula is C13H16N2S. The zero-order valence-electron chi connectivity index (χ0n) is 9.66. The van der Waals surface area contributed by atoms with Gasteiger partial charge in [0.15, 0.2) is 4.77 Å². The van der Waals surface area contributed by atoms with Crippen LogP contribution in [0.25, 0.3) is 11.0 Å². The van der Waals surface area contributed by atoms with E-state index in [1.54, 1.807) is 0 Å². The minimum Gasteiger partial charge on any atom is -0.331 e. The Morgan fingerprint density at radius 2 is 2.25 bits per heavy atom. The van der Waals surface area contributed by atoms with Gasteiger partial charge in [0.05, 0.1) is 11.0 Å². The molecule has 0 bridgehead atoms. The summed E-state index contributed by atoms with van der Waals surface area (Å²) in [6.45, 7) is 5.08. The molecule has 0 unspecified atom stereocenters. The number of imidazole rings is 1. The minimum absolute atomic E-state index is 0.810. The fourth-order valence-corrected chi connectivity index (χ4v) is 2.15. The van der Waals surface area contributed by atoms with Crippen LogP contribution in [0.2, 0.25) is 0 Å². The number of fused-ring (bicyclic) bond motifs is 1. The number of aromatic amines is 1. The average Bonchev–Trinajstić information content (AvgIpc) is 2.56. The summed E-state index contributed by atoms with van der Waals surface area (Å²) in [4.78, 5) is 3.23. The molecular weight excluding hydrogens is 216 g/mol. The highest BCUT2D eigenvalue weighted by Crippen LogP contribution is 2.16. The highest BCUT2D eigenvalue weighted by atomic mass is 32.1. The molecule has 0 amide bonds. The van der Waals surface area contributed by atoms with Crippen LogP contribution in [0.15, 0.2) is 30.4 Å². The maximum Gasteiger partial charge on any atom is 0.178 e. The van der Waals surface area contributed by atoms with E-state index in [4.69, 9.17) is 12.2 Å². The lowest BCUT2D eigenvalue weighted by Gasteiger charge is -2.02. The molecule has 3 heteroatoms. The molecule has 0 saturated heterocycles. The Hall–Kier alpha value is -1.35. The topological polar surface area (TPSA) is 20.7 Å². The normalized spacial score (nSPS) is 11.6. The second kappa shape index (κ2) is 4.66. The van der Waals surface area contributed by atoms with Gasteiger partial charge < -0.3 is 9.55 Å². The molecule has 1 aromatic heterocycles. The summed E-state index contributed by atoms with van der Waals surface area (Å²) < 4.78 is 2.97. The number of aromatic nitrogens is 2. The Bertz CT molecular complexity index is 575. The fourth-order valence-electron chi connectivity index (χ4n) is 1.86. The van der Waals surface area contributed by atoms with Crippen LogP contribution in [0.5, 0.6) is 0 Å². The Balaban J connectivity index is 2.46. The molecule has 2 nitrogen and oxygen atoms in total. The molecule has 2 aromatic rings. The van der Waals surface area contributed by atoms with Crippen LogP contribution in [-0.2, 0) is 6.54 Å². The molecule has 1 N–H and O–H groups in total. The number of rotatable bonds is 3. The molecule has 84 valence electrons.